The van der Waals surface area contributed by atoms with Gasteiger partial charge in [0, 0.05) is 6.42 Å². The Labute approximate surface area is 493 Å². The standard InChI is InChI=1S/C64H103NO18/c1-3-5-7-9-11-13-15-16-17-18-19-20-21-22-23-24-25-26-27-28-29-30-32-34-36-38-40-42-52(70)65-47(48(69)41-39-37-35-33-31-14-12-10-8-6-4-2)46-78-62-58(76)55(73)60(50(44-67)80-62)83-64-59(77)56(74)61(51(45-68)81-64)82-63-57(75)54(72)53(71)49(43-66)79-63/h5,7,11,13,16-17,19-20,22-23,25-26,28-29,31-34,39,41,47-51,53-64,66-69,71-77H,3-4,6,8-10,12,14-15,18,21,24,27,30,35-38,40,42-46H2,1-2H3,(H,65,70)/b7-5-,13-11-,17-16-,20-19-,23-22-,26-25-,29-28-,33-31+,34-32-,41-39+. The number of nitrogens with one attached hydrogen (secondary N) is 1. The van der Waals surface area contributed by atoms with Crippen LogP contribution in [0.3, 0.4) is 0 Å². The van der Waals surface area contributed by atoms with Gasteiger partial charge in [0.25, 0.3) is 0 Å². The highest BCUT2D eigenvalue weighted by Gasteiger charge is 2.53. The largest absolute Gasteiger partial charge is 0.394 e. The summed E-state index contributed by atoms with van der Waals surface area (Å²) in [5.74, 6) is -0.337. The molecule has 472 valence electrons. The van der Waals surface area contributed by atoms with E-state index in [-0.39, 0.29) is 12.3 Å². The molecule has 83 heavy (non-hydrogen) atoms. The number of amides is 1. The molecule has 0 saturated carbocycles. The van der Waals surface area contributed by atoms with E-state index in [9.17, 15) is 61.0 Å². The molecule has 12 N–H and O–H groups in total. The van der Waals surface area contributed by atoms with Gasteiger partial charge in [-0.25, -0.2) is 0 Å². The Hall–Kier alpha value is -3.81. The molecule has 3 fully saturated rings. The molecule has 3 aliphatic heterocycles. The number of aliphatic hydroxyl groups is 11. The first-order valence-electron chi connectivity index (χ1n) is 30.3. The fraction of sp³-hybridized carbons (Fsp3) is 0.672. The van der Waals surface area contributed by atoms with Crippen LogP contribution in [-0.2, 0) is 33.2 Å². The van der Waals surface area contributed by atoms with E-state index in [0.717, 1.165) is 83.5 Å². The molecule has 3 rings (SSSR count). The van der Waals surface area contributed by atoms with E-state index in [1.165, 1.54) is 25.7 Å². The average molecular weight is 1170 g/mol. The van der Waals surface area contributed by atoms with Crippen molar-refractivity contribution < 1.29 is 89.4 Å². The fourth-order valence-corrected chi connectivity index (χ4v) is 9.28. The Kier molecular flexibility index (Phi) is 40.3. The molecule has 0 aromatic rings. The summed E-state index contributed by atoms with van der Waals surface area (Å²) < 4.78 is 34.1. The third kappa shape index (κ3) is 29.0. The number of hydrogen-bond donors (Lipinski definition) is 12. The van der Waals surface area contributed by atoms with Crippen molar-refractivity contribution in [3.05, 3.63) is 122 Å². The fourth-order valence-electron chi connectivity index (χ4n) is 9.28. The highest BCUT2D eigenvalue weighted by molar-refractivity contribution is 5.76. The van der Waals surface area contributed by atoms with Gasteiger partial charge < -0.3 is 89.9 Å². The number of rotatable bonds is 42. The summed E-state index contributed by atoms with van der Waals surface area (Å²) in [5, 5.41) is 120. The van der Waals surface area contributed by atoms with Crippen LogP contribution in [0, 0.1) is 0 Å². The number of aliphatic hydroxyl groups excluding tert-OH is 11. The van der Waals surface area contributed by atoms with E-state index in [1.54, 1.807) is 6.08 Å². The highest BCUT2D eigenvalue weighted by atomic mass is 16.8. The first-order chi connectivity index (χ1) is 40.3. The Morgan fingerprint density at radius 3 is 1.34 bits per heavy atom. The predicted octanol–water partition coefficient (Wildman–Crippen LogP) is 5.70. The van der Waals surface area contributed by atoms with Crippen LogP contribution >= 0.6 is 0 Å². The lowest BCUT2D eigenvalue weighted by atomic mass is 9.96. The summed E-state index contributed by atoms with van der Waals surface area (Å²) in [6.45, 7) is 1.48. The second kappa shape index (κ2) is 45.5. The van der Waals surface area contributed by atoms with Crippen LogP contribution < -0.4 is 5.32 Å². The van der Waals surface area contributed by atoms with Gasteiger partial charge in [-0.2, -0.15) is 0 Å². The quantitative estimate of drug-likeness (QED) is 0.0258. The molecule has 1 amide bonds. The van der Waals surface area contributed by atoms with Crippen molar-refractivity contribution in [1.82, 2.24) is 5.32 Å². The molecule has 0 aromatic carbocycles. The molecule has 19 nitrogen and oxygen atoms in total. The summed E-state index contributed by atoms with van der Waals surface area (Å²) in [7, 11) is 0. The third-order valence-electron chi connectivity index (χ3n) is 14.2. The van der Waals surface area contributed by atoms with Crippen LogP contribution in [0.5, 0.6) is 0 Å². The van der Waals surface area contributed by atoms with Crippen molar-refractivity contribution in [3.63, 3.8) is 0 Å². The zero-order valence-electron chi connectivity index (χ0n) is 49.1. The smallest absolute Gasteiger partial charge is 0.220 e. The maximum atomic E-state index is 13.3. The van der Waals surface area contributed by atoms with Gasteiger partial charge in [0.05, 0.1) is 38.6 Å². The van der Waals surface area contributed by atoms with E-state index in [4.69, 9.17) is 28.4 Å². The molecular weight excluding hydrogens is 1070 g/mol. The van der Waals surface area contributed by atoms with Gasteiger partial charge in [-0.3, -0.25) is 4.79 Å². The molecule has 0 aliphatic carbocycles. The van der Waals surface area contributed by atoms with Crippen LogP contribution in [-0.4, -0.2) is 193 Å². The first-order valence-corrected chi connectivity index (χ1v) is 30.3. The summed E-state index contributed by atoms with van der Waals surface area (Å²) in [5.41, 5.74) is 0. The minimum absolute atomic E-state index is 0.171. The lowest BCUT2D eigenvalue weighted by Crippen LogP contribution is -2.66. The number of allylic oxidation sites excluding steroid dienone is 19. The maximum absolute atomic E-state index is 13.3. The number of hydrogen-bond acceptors (Lipinski definition) is 18. The summed E-state index contributed by atoms with van der Waals surface area (Å²) in [6, 6.07) is -1.02. The van der Waals surface area contributed by atoms with Crippen LogP contribution in [0.1, 0.15) is 142 Å². The molecule has 0 aromatic heterocycles. The lowest BCUT2D eigenvalue weighted by Gasteiger charge is -2.48. The van der Waals surface area contributed by atoms with Crippen LogP contribution in [0.15, 0.2) is 122 Å². The van der Waals surface area contributed by atoms with Crippen LogP contribution in [0.2, 0.25) is 0 Å². The van der Waals surface area contributed by atoms with Crippen molar-refractivity contribution >= 4 is 5.91 Å². The van der Waals surface area contributed by atoms with E-state index in [1.807, 2.05) is 6.08 Å². The molecule has 0 radical (unpaired) electrons. The second-order valence-electron chi connectivity index (χ2n) is 21.1. The number of carbonyl (C=O) groups is 1. The van der Waals surface area contributed by atoms with Crippen molar-refractivity contribution in [2.75, 3.05) is 26.4 Å². The first kappa shape index (κ1) is 73.4. The Morgan fingerprint density at radius 1 is 0.446 bits per heavy atom. The number of unbranched alkanes of at least 4 members (excludes halogenated alkanes) is 8. The molecule has 3 saturated heterocycles. The van der Waals surface area contributed by atoms with Gasteiger partial charge in [0.15, 0.2) is 18.9 Å². The van der Waals surface area contributed by atoms with Gasteiger partial charge >= 0.3 is 0 Å². The number of carbonyl (C=O) groups excluding carboxylic acids is 1. The van der Waals surface area contributed by atoms with Crippen molar-refractivity contribution in [2.24, 2.45) is 0 Å². The van der Waals surface area contributed by atoms with Gasteiger partial charge in [0.1, 0.15) is 73.2 Å². The third-order valence-corrected chi connectivity index (χ3v) is 14.2. The van der Waals surface area contributed by atoms with Crippen LogP contribution in [0.25, 0.3) is 0 Å². The lowest BCUT2D eigenvalue weighted by molar-refractivity contribution is -0.379. The van der Waals surface area contributed by atoms with Gasteiger partial charge in [-0.05, 0) is 96.3 Å². The topological polar surface area (TPSA) is 307 Å². The van der Waals surface area contributed by atoms with Crippen molar-refractivity contribution in [2.45, 2.75) is 247 Å². The van der Waals surface area contributed by atoms with Gasteiger partial charge in [-0.15, -0.1) is 0 Å². The molecule has 17 unspecified atom stereocenters. The van der Waals surface area contributed by atoms with E-state index >= 15 is 0 Å². The van der Waals surface area contributed by atoms with Crippen molar-refractivity contribution in [1.29, 1.82) is 0 Å². The maximum Gasteiger partial charge on any atom is 0.220 e. The normalized spacial score (nSPS) is 30.3. The number of ether oxygens (including phenoxy) is 6. The molecule has 3 aliphatic rings. The second-order valence-corrected chi connectivity index (χ2v) is 21.1. The summed E-state index contributed by atoms with van der Waals surface area (Å²) >= 11 is 0. The summed E-state index contributed by atoms with van der Waals surface area (Å²) in [6.07, 6.45) is 33.4. The molecule has 0 bridgehead atoms. The summed E-state index contributed by atoms with van der Waals surface area (Å²) in [4.78, 5) is 13.3. The van der Waals surface area contributed by atoms with Gasteiger partial charge in [-0.1, -0.05) is 161 Å². The minimum Gasteiger partial charge on any atom is -0.394 e. The molecule has 0 spiro atoms. The Balaban J connectivity index is 1.48. The Morgan fingerprint density at radius 2 is 0.843 bits per heavy atom. The predicted molar refractivity (Wildman–Crippen MR) is 318 cm³/mol. The van der Waals surface area contributed by atoms with Crippen molar-refractivity contribution in [3.8, 4) is 0 Å². The van der Waals surface area contributed by atoms with E-state index < -0.39 is 131 Å². The van der Waals surface area contributed by atoms with Crippen LogP contribution in [0.4, 0.5) is 0 Å². The zero-order chi connectivity index (χ0) is 60.5. The van der Waals surface area contributed by atoms with E-state index in [0.29, 0.717) is 12.8 Å². The minimum atomic E-state index is -1.99. The highest BCUT2D eigenvalue weighted by Crippen LogP contribution is 2.33. The molecule has 19 heteroatoms. The molecular formula is C64H103NO18. The zero-order valence-corrected chi connectivity index (χ0v) is 49.1. The Bertz CT molecular complexity index is 1980. The SMILES string of the molecule is CC/C=C\C/C=C\C/C=C\C/C=C\C/C=C\C/C=C\C/C=C\C/C=C\CCCCC(=O)NC(COC1OC(CO)C(OC2OC(CO)C(OC3OC(CO)C(O)C(O)C3O)C(O)C2O)C(O)C1O)C(O)/C=C/CC/C=C/CCCCCCC. The molecule has 3 heterocycles. The van der Waals surface area contributed by atoms with E-state index in [2.05, 4.69) is 129 Å². The monoisotopic (exact) mass is 1170 g/mol. The average Bonchev–Trinajstić information content (AvgIpc) is 3.62. The van der Waals surface area contributed by atoms with Gasteiger partial charge in [0.2, 0.25) is 5.91 Å². The molecule has 17 atom stereocenters.